The maximum atomic E-state index is 2.44. The standard InChI is InChI=1S/C62H48N2/c1-41-19-27-47(28-20-41)63(48-29-21-42(2)22-30-48)51-35-37-57-59(39-51)61(55-17-9-13-45-11-5-7-15-53(45)55)58-38-36-52(40-60(58)62(57)56-18-10-14-46-12-6-8-16-54(46)56)64(49-31-23-43(3)24-32-49)50-33-25-44(4)26-34-50/h5-40H,1-4H3. The Morgan fingerprint density at radius 3 is 0.875 bits per heavy atom. The molecule has 0 atom stereocenters. The maximum Gasteiger partial charge on any atom is 0.0468 e. The minimum atomic E-state index is 1.10. The second kappa shape index (κ2) is 16.1. The Labute approximate surface area is 375 Å². The number of nitrogens with zero attached hydrogens (tertiary/aromatic N) is 2. The Kier molecular flexibility index (Phi) is 9.78. The van der Waals surface area contributed by atoms with Crippen LogP contribution in [-0.4, -0.2) is 0 Å². The summed E-state index contributed by atoms with van der Waals surface area (Å²) in [7, 11) is 0. The van der Waals surface area contributed by atoms with Crippen molar-refractivity contribution in [2.24, 2.45) is 0 Å². The summed E-state index contributed by atoms with van der Waals surface area (Å²) in [4.78, 5) is 4.80. The topological polar surface area (TPSA) is 6.48 Å². The largest absolute Gasteiger partial charge is 0.310 e. The fraction of sp³-hybridized carbons (Fsp3) is 0.0645. The van der Waals surface area contributed by atoms with Crippen LogP contribution in [0.25, 0.3) is 65.3 Å². The zero-order valence-electron chi connectivity index (χ0n) is 36.7. The van der Waals surface area contributed by atoms with E-state index in [1.165, 1.54) is 87.6 Å². The third-order valence-electron chi connectivity index (χ3n) is 12.9. The summed E-state index contributed by atoms with van der Waals surface area (Å²) in [5.41, 5.74) is 16.5. The summed E-state index contributed by atoms with van der Waals surface area (Å²) in [5.74, 6) is 0. The van der Waals surface area contributed by atoms with Crippen LogP contribution in [0.15, 0.2) is 218 Å². The van der Waals surface area contributed by atoms with Crippen LogP contribution in [0, 0.1) is 27.7 Å². The molecule has 64 heavy (non-hydrogen) atoms. The van der Waals surface area contributed by atoms with E-state index in [9.17, 15) is 0 Å². The Bertz CT molecular complexity index is 3170. The van der Waals surface area contributed by atoms with Gasteiger partial charge in [0.15, 0.2) is 0 Å². The lowest BCUT2D eigenvalue weighted by Crippen LogP contribution is -2.10. The monoisotopic (exact) mass is 820 g/mol. The lowest BCUT2D eigenvalue weighted by Gasteiger charge is -2.28. The van der Waals surface area contributed by atoms with Crippen molar-refractivity contribution in [3.8, 4) is 22.3 Å². The van der Waals surface area contributed by atoms with E-state index >= 15 is 0 Å². The van der Waals surface area contributed by atoms with Gasteiger partial charge in [-0.25, -0.2) is 0 Å². The molecule has 0 saturated carbocycles. The van der Waals surface area contributed by atoms with Gasteiger partial charge in [0.05, 0.1) is 0 Å². The third-order valence-corrected chi connectivity index (χ3v) is 12.9. The lowest BCUT2D eigenvalue weighted by atomic mass is 9.83. The molecule has 0 amide bonds. The minimum absolute atomic E-state index is 1.10. The summed E-state index contributed by atoms with van der Waals surface area (Å²) < 4.78 is 0. The second-order valence-corrected chi connectivity index (χ2v) is 17.3. The number of hydrogen-bond acceptors (Lipinski definition) is 2. The summed E-state index contributed by atoms with van der Waals surface area (Å²) in [5, 5.41) is 9.72. The Hall–Kier alpha value is -7.94. The second-order valence-electron chi connectivity index (χ2n) is 17.3. The van der Waals surface area contributed by atoms with Crippen molar-refractivity contribution < 1.29 is 0 Å². The number of anilines is 6. The number of hydrogen-bond donors (Lipinski definition) is 0. The Morgan fingerprint density at radius 2 is 0.531 bits per heavy atom. The van der Waals surface area contributed by atoms with Gasteiger partial charge in [0, 0.05) is 34.1 Å². The molecule has 11 aromatic carbocycles. The highest BCUT2D eigenvalue weighted by atomic mass is 15.1. The van der Waals surface area contributed by atoms with Gasteiger partial charge >= 0.3 is 0 Å². The maximum absolute atomic E-state index is 2.44. The first kappa shape index (κ1) is 38.9. The minimum Gasteiger partial charge on any atom is -0.310 e. The number of fused-ring (bicyclic) bond motifs is 4. The van der Waals surface area contributed by atoms with Crippen molar-refractivity contribution >= 4 is 77.2 Å². The van der Waals surface area contributed by atoms with Crippen molar-refractivity contribution in [2.45, 2.75) is 27.7 Å². The molecule has 11 rings (SSSR count). The van der Waals surface area contributed by atoms with Crippen LogP contribution in [-0.2, 0) is 0 Å². The van der Waals surface area contributed by atoms with Crippen LogP contribution in [0.4, 0.5) is 34.1 Å². The van der Waals surface area contributed by atoms with Crippen molar-refractivity contribution in [3.63, 3.8) is 0 Å². The molecule has 0 aliphatic carbocycles. The average Bonchev–Trinajstić information content (AvgIpc) is 3.33. The normalized spacial score (nSPS) is 11.4. The molecule has 2 heteroatoms. The van der Waals surface area contributed by atoms with E-state index in [2.05, 4.69) is 256 Å². The molecule has 2 nitrogen and oxygen atoms in total. The summed E-state index contributed by atoms with van der Waals surface area (Å²) in [6, 6.07) is 81.0. The Balaban J connectivity index is 1.29. The quantitative estimate of drug-likeness (QED) is 0.141. The van der Waals surface area contributed by atoms with Crippen molar-refractivity contribution in [2.75, 3.05) is 9.80 Å². The van der Waals surface area contributed by atoms with Crippen molar-refractivity contribution in [1.29, 1.82) is 0 Å². The van der Waals surface area contributed by atoms with Gasteiger partial charge in [-0.2, -0.15) is 0 Å². The van der Waals surface area contributed by atoms with E-state index in [0.29, 0.717) is 0 Å². The van der Waals surface area contributed by atoms with Gasteiger partial charge in [-0.05, 0) is 166 Å². The van der Waals surface area contributed by atoms with Gasteiger partial charge in [0.1, 0.15) is 0 Å². The molecule has 0 fully saturated rings. The predicted octanol–water partition coefficient (Wildman–Crippen LogP) is 17.8. The molecule has 306 valence electrons. The molecule has 0 aliphatic heterocycles. The van der Waals surface area contributed by atoms with Gasteiger partial charge in [0.25, 0.3) is 0 Å². The molecule has 0 aromatic heterocycles. The molecule has 0 unspecified atom stereocenters. The van der Waals surface area contributed by atoms with Crippen molar-refractivity contribution in [1.82, 2.24) is 0 Å². The van der Waals surface area contributed by atoms with E-state index in [1.54, 1.807) is 0 Å². The van der Waals surface area contributed by atoms with Gasteiger partial charge in [-0.15, -0.1) is 0 Å². The van der Waals surface area contributed by atoms with Crippen LogP contribution in [0.5, 0.6) is 0 Å². The molecule has 0 saturated heterocycles. The fourth-order valence-electron chi connectivity index (χ4n) is 9.62. The summed E-state index contributed by atoms with van der Waals surface area (Å²) >= 11 is 0. The van der Waals surface area contributed by atoms with E-state index in [-0.39, 0.29) is 0 Å². The Morgan fingerprint density at radius 1 is 0.234 bits per heavy atom. The van der Waals surface area contributed by atoms with Gasteiger partial charge in [0.2, 0.25) is 0 Å². The lowest BCUT2D eigenvalue weighted by molar-refractivity contribution is 1.27. The number of benzene rings is 11. The molecular weight excluding hydrogens is 773 g/mol. The van der Waals surface area contributed by atoms with Crippen molar-refractivity contribution in [3.05, 3.63) is 241 Å². The predicted molar refractivity (Wildman–Crippen MR) is 276 cm³/mol. The van der Waals surface area contributed by atoms with Gasteiger partial charge in [-0.1, -0.05) is 168 Å². The fourth-order valence-corrected chi connectivity index (χ4v) is 9.62. The van der Waals surface area contributed by atoms with Gasteiger partial charge < -0.3 is 9.80 Å². The van der Waals surface area contributed by atoms with Gasteiger partial charge in [-0.3, -0.25) is 0 Å². The molecule has 0 heterocycles. The van der Waals surface area contributed by atoms with Crippen LogP contribution < -0.4 is 9.80 Å². The van der Waals surface area contributed by atoms with Crippen LogP contribution in [0.1, 0.15) is 22.3 Å². The highest BCUT2D eigenvalue weighted by molar-refractivity contribution is 6.26. The van der Waals surface area contributed by atoms with E-state index in [4.69, 9.17) is 0 Å². The first-order chi connectivity index (χ1) is 31.4. The first-order valence-electron chi connectivity index (χ1n) is 22.2. The molecule has 0 N–H and O–H groups in total. The zero-order chi connectivity index (χ0) is 43.3. The summed E-state index contributed by atoms with van der Waals surface area (Å²) in [6.07, 6.45) is 0. The highest BCUT2D eigenvalue weighted by Crippen LogP contribution is 2.50. The molecule has 0 bridgehead atoms. The molecular formula is C62H48N2. The molecule has 0 radical (unpaired) electrons. The third kappa shape index (κ3) is 6.94. The smallest absolute Gasteiger partial charge is 0.0468 e. The van der Waals surface area contributed by atoms with E-state index < -0.39 is 0 Å². The van der Waals surface area contributed by atoms with Crippen LogP contribution in [0.3, 0.4) is 0 Å². The molecule has 0 spiro atoms. The summed E-state index contributed by atoms with van der Waals surface area (Å²) in [6.45, 7) is 8.61. The first-order valence-corrected chi connectivity index (χ1v) is 22.2. The molecule has 11 aromatic rings. The van der Waals surface area contributed by atoms with E-state index in [0.717, 1.165) is 34.1 Å². The zero-order valence-corrected chi connectivity index (χ0v) is 36.7. The molecule has 0 aliphatic rings. The average molecular weight is 821 g/mol. The number of rotatable bonds is 8. The van der Waals surface area contributed by atoms with Crippen LogP contribution >= 0.6 is 0 Å². The van der Waals surface area contributed by atoms with E-state index in [1.807, 2.05) is 0 Å². The highest BCUT2D eigenvalue weighted by Gasteiger charge is 2.23. The number of aryl methyl sites for hydroxylation is 4. The SMILES string of the molecule is Cc1ccc(N(c2ccc(C)cc2)c2ccc3c(-c4cccc5ccccc45)c4cc(N(c5ccc(C)cc5)c5ccc(C)cc5)ccc4c(-c4cccc5ccccc45)c3c2)cc1. The van der Waals surface area contributed by atoms with Crippen LogP contribution in [0.2, 0.25) is 0 Å².